The Kier molecular flexibility index (Phi) is 5.51. The van der Waals surface area contributed by atoms with Crippen molar-refractivity contribution in [3.05, 3.63) is 54.3 Å². The Bertz CT molecular complexity index is 909. The van der Waals surface area contributed by atoms with Gasteiger partial charge in [0.15, 0.2) is 0 Å². The number of piperidine rings is 1. The number of hydrogen-bond acceptors (Lipinski definition) is 3. The van der Waals surface area contributed by atoms with E-state index in [1.54, 1.807) is 18.2 Å². The van der Waals surface area contributed by atoms with Crippen LogP contribution in [0.15, 0.2) is 48.5 Å². The summed E-state index contributed by atoms with van der Waals surface area (Å²) >= 11 is 0. The molecule has 1 N–H and O–H groups in total. The molecule has 0 radical (unpaired) electrons. The van der Waals surface area contributed by atoms with Crippen molar-refractivity contribution in [1.82, 2.24) is 0 Å². The van der Waals surface area contributed by atoms with E-state index in [1.807, 2.05) is 24.3 Å². The van der Waals surface area contributed by atoms with Crippen LogP contribution in [-0.4, -0.2) is 31.4 Å². The SMILES string of the molecule is CC1CCN(c2ccccc2NC(=O)[C@@H]2CC(=O)N(c3ccccc3F)C2)CC1. The van der Waals surface area contributed by atoms with E-state index in [1.165, 1.54) is 11.0 Å². The van der Waals surface area contributed by atoms with Crippen molar-refractivity contribution < 1.29 is 14.0 Å². The molecule has 5 nitrogen and oxygen atoms in total. The van der Waals surface area contributed by atoms with E-state index in [0.29, 0.717) is 0 Å². The highest BCUT2D eigenvalue weighted by molar-refractivity contribution is 6.04. The van der Waals surface area contributed by atoms with Gasteiger partial charge in [0.2, 0.25) is 11.8 Å². The Morgan fingerprint density at radius 1 is 1.03 bits per heavy atom. The Labute approximate surface area is 170 Å². The monoisotopic (exact) mass is 395 g/mol. The van der Waals surface area contributed by atoms with Crippen molar-refractivity contribution in [2.24, 2.45) is 11.8 Å². The normalized spacial score (nSPS) is 20.2. The summed E-state index contributed by atoms with van der Waals surface area (Å²) in [5, 5.41) is 3.01. The molecule has 4 rings (SSSR count). The van der Waals surface area contributed by atoms with Gasteiger partial charge in [0.1, 0.15) is 5.82 Å². The fourth-order valence-corrected chi connectivity index (χ4v) is 4.13. The minimum Gasteiger partial charge on any atom is -0.370 e. The van der Waals surface area contributed by atoms with Crippen LogP contribution in [0.1, 0.15) is 26.2 Å². The molecule has 0 aromatic heterocycles. The molecule has 2 aliphatic heterocycles. The lowest BCUT2D eigenvalue weighted by Crippen LogP contribution is -2.34. The molecule has 0 saturated carbocycles. The quantitative estimate of drug-likeness (QED) is 0.850. The molecule has 2 fully saturated rings. The van der Waals surface area contributed by atoms with Crippen molar-refractivity contribution in [2.75, 3.05) is 34.8 Å². The van der Waals surface area contributed by atoms with Crippen LogP contribution in [0.25, 0.3) is 0 Å². The maximum Gasteiger partial charge on any atom is 0.229 e. The van der Waals surface area contributed by atoms with Crippen LogP contribution in [0.5, 0.6) is 0 Å². The summed E-state index contributed by atoms with van der Waals surface area (Å²) in [6.45, 7) is 4.40. The molecule has 0 spiro atoms. The average Bonchev–Trinajstić information content (AvgIpc) is 3.11. The van der Waals surface area contributed by atoms with Gasteiger partial charge in [-0.05, 0) is 43.0 Å². The number of nitrogens with one attached hydrogen (secondary N) is 1. The highest BCUT2D eigenvalue weighted by atomic mass is 19.1. The number of anilines is 3. The van der Waals surface area contributed by atoms with Gasteiger partial charge in [0, 0.05) is 26.1 Å². The van der Waals surface area contributed by atoms with Gasteiger partial charge in [-0.3, -0.25) is 9.59 Å². The first-order chi connectivity index (χ1) is 14.0. The van der Waals surface area contributed by atoms with Gasteiger partial charge < -0.3 is 15.1 Å². The lowest BCUT2D eigenvalue weighted by molar-refractivity contribution is -0.122. The van der Waals surface area contributed by atoms with Gasteiger partial charge in [0.25, 0.3) is 0 Å². The van der Waals surface area contributed by atoms with Gasteiger partial charge in [-0.25, -0.2) is 4.39 Å². The topological polar surface area (TPSA) is 52.7 Å². The molecule has 2 heterocycles. The van der Waals surface area contributed by atoms with E-state index in [0.717, 1.165) is 43.2 Å². The number of carbonyl (C=O) groups excluding carboxylic acids is 2. The third-order valence-electron chi connectivity index (χ3n) is 5.93. The molecule has 29 heavy (non-hydrogen) atoms. The Balaban J connectivity index is 1.47. The number of amides is 2. The standard InChI is InChI=1S/C23H26FN3O2/c1-16-10-12-26(13-11-16)21-9-5-3-7-19(21)25-23(29)17-14-22(28)27(15-17)20-8-4-2-6-18(20)24/h2-9,16-17H,10-15H2,1H3,(H,25,29)/t17-/m1/s1. The largest absolute Gasteiger partial charge is 0.370 e. The fourth-order valence-electron chi connectivity index (χ4n) is 4.13. The summed E-state index contributed by atoms with van der Waals surface area (Å²) in [5.41, 5.74) is 2.02. The predicted octanol–water partition coefficient (Wildman–Crippen LogP) is 4.05. The van der Waals surface area contributed by atoms with E-state index < -0.39 is 11.7 Å². The van der Waals surface area contributed by atoms with Crippen LogP contribution in [0, 0.1) is 17.7 Å². The Morgan fingerprint density at radius 3 is 2.41 bits per heavy atom. The number of benzene rings is 2. The number of rotatable bonds is 4. The lowest BCUT2D eigenvalue weighted by Gasteiger charge is -2.33. The smallest absolute Gasteiger partial charge is 0.229 e. The number of halogens is 1. The number of hydrogen-bond donors (Lipinski definition) is 1. The molecule has 152 valence electrons. The summed E-state index contributed by atoms with van der Waals surface area (Å²) in [4.78, 5) is 29.0. The maximum atomic E-state index is 14.1. The van der Waals surface area contributed by atoms with Crippen molar-refractivity contribution in [2.45, 2.75) is 26.2 Å². The van der Waals surface area contributed by atoms with Crippen LogP contribution in [0.3, 0.4) is 0 Å². The minimum absolute atomic E-state index is 0.0869. The van der Waals surface area contributed by atoms with Crippen LogP contribution < -0.4 is 15.1 Å². The molecule has 1 atom stereocenters. The zero-order valence-corrected chi connectivity index (χ0v) is 16.6. The average molecular weight is 395 g/mol. The van der Waals surface area contributed by atoms with Gasteiger partial charge in [0.05, 0.1) is 23.0 Å². The van der Waals surface area contributed by atoms with E-state index in [4.69, 9.17) is 0 Å². The first-order valence-corrected chi connectivity index (χ1v) is 10.2. The molecule has 0 aliphatic carbocycles. The molecule has 2 aromatic rings. The molecular formula is C23H26FN3O2. The predicted molar refractivity (Wildman–Crippen MR) is 113 cm³/mol. The molecule has 2 aliphatic rings. The van der Waals surface area contributed by atoms with Gasteiger partial charge in [-0.2, -0.15) is 0 Å². The number of para-hydroxylation sites is 3. The first kappa shape index (κ1) is 19.4. The summed E-state index contributed by atoms with van der Waals surface area (Å²) < 4.78 is 14.1. The molecule has 2 amide bonds. The third-order valence-corrected chi connectivity index (χ3v) is 5.93. The van der Waals surface area contributed by atoms with Crippen molar-refractivity contribution >= 4 is 28.9 Å². The van der Waals surface area contributed by atoms with Crippen LogP contribution in [0.2, 0.25) is 0 Å². The minimum atomic E-state index is -0.503. The molecule has 0 bridgehead atoms. The zero-order chi connectivity index (χ0) is 20.4. The molecule has 2 aromatic carbocycles. The molecular weight excluding hydrogens is 369 g/mol. The van der Waals surface area contributed by atoms with Crippen molar-refractivity contribution in [3.8, 4) is 0 Å². The number of carbonyl (C=O) groups is 2. The van der Waals surface area contributed by atoms with Gasteiger partial charge in [-0.1, -0.05) is 31.2 Å². The van der Waals surface area contributed by atoms with E-state index in [2.05, 4.69) is 17.1 Å². The van der Waals surface area contributed by atoms with E-state index in [9.17, 15) is 14.0 Å². The van der Waals surface area contributed by atoms with Crippen LogP contribution in [0.4, 0.5) is 21.5 Å². The second-order valence-electron chi connectivity index (χ2n) is 8.03. The Morgan fingerprint density at radius 2 is 1.69 bits per heavy atom. The van der Waals surface area contributed by atoms with Crippen molar-refractivity contribution in [1.29, 1.82) is 0 Å². The number of nitrogens with zero attached hydrogens (tertiary/aromatic N) is 2. The third kappa shape index (κ3) is 4.11. The molecule has 6 heteroatoms. The van der Waals surface area contributed by atoms with Crippen molar-refractivity contribution in [3.63, 3.8) is 0 Å². The molecule has 0 unspecified atom stereocenters. The summed E-state index contributed by atoms with van der Waals surface area (Å²) in [6.07, 6.45) is 2.36. The second-order valence-corrected chi connectivity index (χ2v) is 8.03. The Hall–Kier alpha value is -2.89. The first-order valence-electron chi connectivity index (χ1n) is 10.2. The summed E-state index contributed by atoms with van der Waals surface area (Å²) in [6, 6.07) is 14.0. The van der Waals surface area contributed by atoms with E-state index in [-0.39, 0.29) is 30.5 Å². The van der Waals surface area contributed by atoms with Crippen LogP contribution >= 0.6 is 0 Å². The summed E-state index contributed by atoms with van der Waals surface area (Å²) in [5.74, 6) is -0.659. The van der Waals surface area contributed by atoms with E-state index >= 15 is 0 Å². The van der Waals surface area contributed by atoms with Gasteiger partial charge in [-0.15, -0.1) is 0 Å². The second kappa shape index (κ2) is 8.23. The van der Waals surface area contributed by atoms with Gasteiger partial charge >= 0.3 is 0 Å². The lowest BCUT2D eigenvalue weighted by atomic mass is 9.98. The zero-order valence-electron chi connectivity index (χ0n) is 16.6. The fraction of sp³-hybridized carbons (Fsp3) is 0.391. The molecule has 2 saturated heterocycles. The highest BCUT2D eigenvalue weighted by Gasteiger charge is 2.36. The highest BCUT2D eigenvalue weighted by Crippen LogP contribution is 2.32. The van der Waals surface area contributed by atoms with Crippen LogP contribution in [-0.2, 0) is 9.59 Å². The summed E-state index contributed by atoms with van der Waals surface area (Å²) in [7, 11) is 0. The maximum absolute atomic E-state index is 14.1.